The van der Waals surface area contributed by atoms with Gasteiger partial charge in [0.25, 0.3) is 5.91 Å². The molecule has 0 bridgehead atoms. The zero-order valence-corrected chi connectivity index (χ0v) is 13.6. The van der Waals surface area contributed by atoms with Gasteiger partial charge in [0.15, 0.2) is 11.5 Å². The molecule has 6 heteroatoms. The first kappa shape index (κ1) is 17.1. The summed E-state index contributed by atoms with van der Waals surface area (Å²) >= 11 is 0. The molecule has 1 amide bonds. The van der Waals surface area contributed by atoms with Crippen molar-refractivity contribution in [2.45, 2.75) is 38.6 Å². The second-order valence-corrected chi connectivity index (χ2v) is 5.56. The number of carboxylic acids is 1. The lowest BCUT2D eigenvalue weighted by Gasteiger charge is -2.22. The van der Waals surface area contributed by atoms with Gasteiger partial charge < -0.3 is 19.5 Å². The molecule has 1 N–H and O–H groups in total. The minimum atomic E-state index is -0.956. The number of rotatable bonds is 7. The topological polar surface area (TPSA) is 76.1 Å². The fraction of sp³-hybridized carbons (Fsp3) is 0.529. The summed E-state index contributed by atoms with van der Waals surface area (Å²) < 4.78 is 10.9. The highest BCUT2D eigenvalue weighted by Gasteiger charge is 2.34. The number of likely N-dealkylation sites (tertiary alicyclic amines) is 1. The molecule has 1 aliphatic heterocycles. The standard InChI is InChI=1S/C17H23NO5/c1-3-4-10-23-14-8-7-12(11-15(14)22-2)16(19)18-9-5-6-13(18)17(20)21/h7-8,11,13H,3-6,9-10H2,1-2H3,(H,20,21)/t13-/m0/s1. The van der Waals surface area contributed by atoms with Gasteiger partial charge in [0, 0.05) is 12.1 Å². The molecular weight excluding hydrogens is 298 g/mol. The highest BCUT2D eigenvalue weighted by atomic mass is 16.5. The number of hydrogen-bond donors (Lipinski definition) is 1. The minimum absolute atomic E-state index is 0.284. The van der Waals surface area contributed by atoms with Gasteiger partial charge in [-0.2, -0.15) is 0 Å². The zero-order valence-electron chi connectivity index (χ0n) is 13.6. The number of nitrogens with zero attached hydrogens (tertiary/aromatic N) is 1. The van der Waals surface area contributed by atoms with Gasteiger partial charge in [-0.3, -0.25) is 4.79 Å². The number of unbranched alkanes of at least 4 members (excludes halogenated alkanes) is 1. The molecule has 1 heterocycles. The Morgan fingerprint density at radius 1 is 1.35 bits per heavy atom. The Morgan fingerprint density at radius 2 is 2.13 bits per heavy atom. The molecule has 0 saturated carbocycles. The van der Waals surface area contributed by atoms with Crippen LogP contribution < -0.4 is 9.47 Å². The van der Waals surface area contributed by atoms with Crippen LogP contribution in [0.25, 0.3) is 0 Å². The van der Waals surface area contributed by atoms with E-state index in [-0.39, 0.29) is 5.91 Å². The molecule has 23 heavy (non-hydrogen) atoms. The maximum Gasteiger partial charge on any atom is 0.326 e. The molecule has 1 saturated heterocycles. The van der Waals surface area contributed by atoms with Crippen LogP contribution in [-0.2, 0) is 4.79 Å². The molecule has 2 rings (SSSR count). The van der Waals surface area contributed by atoms with E-state index in [4.69, 9.17) is 9.47 Å². The van der Waals surface area contributed by atoms with Crippen LogP contribution in [0.5, 0.6) is 11.5 Å². The third-order valence-corrected chi connectivity index (χ3v) is 3.96. The van der Waals surface area contributed by atoms with Crippen LogP contribution >= 0.6 is 0 Å². The molecule has 126 valence electrons. The van der Waals surface area contributed by atoms with Crippen molar-refractivity contribution < 1.29 is 24.2 Å². The smallest absolute Gasteiger partial charge is 0.326 e. The summed E-state index contributed by atoms with van der Waals surface area (Å²) in [6, 6.07) is 4.23. The van der Waals surface area contributed by atoms with E-state index < -0.39 is 12.0 Å². The number of methoxy groups -OCH3 is 1. The van der Waals surface area contributed by atoms with Gasteiger partial charge in [-0.1, -0.05) is 13.3 Å². The van der Waals surface area contributed by atoms with E-state index in [1.54, 1.807) is 18.2 Å². The van der Waals surface area contributed by atoms with E-state index in [2.05, 4.69) is 6.92 Å². The normalized spacial score (nSPS) is 17.1. The van der Waals surface area contributed by atoms with Gasteiger partial charge >= 0.3 is 5.97 Å². The van der Waals surface area contributed by atoms with Crippen molar-refractivity contribution in [3.63, 3.8) is 0 Å². The quantitative estimate of drug-likeness (QED) is 0.781. The van der Waals surface area contributed by atoms with Crippen LogP contribution in [0.4, 0.5) is 0 Å². The molecule has 1 aromatic carbocycles. The molecular formula is C17H23NO5. The number of carbonyl (C=O) groups excluding carboxylic acids is 1. The summed E-state index contributed by atoms with van der Waals surface area (Å²) in [4.78, 5) is 25.2. The van der Waals surface area contributed by atoms with E-state index >= 15 is 0 Å². The maximum atomic E-state index is 12.6. The molecule has 1 atom stereocenters. The number of amides is 1. The second kappa shape index (κ2) is 7.85. The summed E-state index contributed by atoms with van der Waals surface area (Å²) in [6.45, 7) is 3.14. The number of carboxylic acid groups (broad SMARTS) is 1. The Hall–Kier alpha value is -2.24. The Balaban J connectivity index is 2.16. The van der Waals surface area contributed by atoms with Crippen LogP contribution in [0.1, 0.15) is 43.0 Å². The average molecular weight is 321 g/mol. The van der Waals surface area contributed by atoms with Crippen LogP contribution in [0.3, 0.4) is 0 Å². The largest absolute Gasteiger partial charge is 0.493 e. The molecule has 0 aromatic heterocycles. The molecule has 0 unspecified atom stereocenters. The molecule has 0 spiro atoms. The number of ether oxygens (including phenoxy) is 2. The van der Waals surface area contributed by atoms with Crippen molar-refractivity contribution >= 4 is 11.9 Å². The molecule has 1 aliphatic rings. The Morgan fingerprint density at radius 3 is 2.78 bits per heavy atom. The SMILES string of the molecule is CCCCOc1ccc(C(=O)N2CCC[C@H]2C(=O)O)cc1OC. The number of hydrogen-bond acceptors (Lipinski definition) is 4. The first-order valence-corrected chi connectivity index (χ1v) is 7.93. The van der Waals surface area contributed by atoms with Crippen LogP contribution in [0.15, 0.2) is 18.2 Å². The number of carbonyl (C=O) groups is 2. The van der Waals surface area contributed by atoms with E-state index in [9.17, 15) is 14.7 Å². The number of benzene rings is 1. The van der Waals surface area contributed by atoms with Crippen molar-refractivity contribution in [1.82, 2.24) is 4.90 Å². The van der Waals surface area contributed by atoms with Crippen LogP contribution in [0.2, 0.25) is 0 Å². The van der Waals surface area contributed by atoms with Crippen LogP contribution in [-0.4, -0.2) is 48.2 Å². The lowest BCUT2D eigenvalue weighted by atomic mass is 10.1. The zero-order chi connectivity index (χ0) is 16.8. The van der Waals surface area contributed by atoms with E-state index in [0.29, 0.717) is 43.1 Å². The highest BCUT2D eigenvalue weighted by Crippen LogP contribution is 2.30. The summed E-state index contributed by atoms with van der Waals surface area (Å²) in [6.07, 6.45) is 3.18. The third kappa shape index (κ3) is 3.94. The van der Waals surface area contributed by atoms with Gasteiger partial charge in [0.05, 0.1) is 13.7 Å². The molecule has 1 fully saturated rings. The van der Waals surface area contributed by atoms with Gasteiger partial charge in [0.1, 0.15) is 6.04 Å². The fourth-order valence-corrected chi connectivity index (χ4v) is 2.68. The van der Waals surface area contributed by atoms with E-state index in [1.807, 2.05) is 0 Å². The molecule has 1 aromatic rings. The van der Waals surface area contributed by atoms with Crippen molar-refractivity contribution in [3.8, 4) is 11.5 Å². The van der Waals surface area contributed by atoms with Gasteiger partial charge in [-0.15, -0.1) is 0 Å². The summed E-state index contributed by atoms with van der Waals surface area (Å²) in [5, 5.41) is 9.21. The van der Waals surface area contributed by atoms with Gasteiger partial charge in [-0.05, 0) is 37.5 Å². The van der Waals surface area contributed by atoms with Gasteiger partial charge in [-0.25, -0.2) is 4.79 Å². The monoisotopic (exact) mass is 321 g/mol. The molecule has 6 nitrogen and oxygen atoms in total. The van der Waals surface area contributed by atoms with Crippen molar-refractivity contribution in [2.24, 2.45) is 0 Å². The summed E-state index contributed by atoms with van der Waals surface area (Å²) in [5.74, 6) is -0.164. The summed E-state index contributed by atoms with van der Waals surface area (Å²) in [5.41, 5.74) is 0.415. The molecule has 0 radical (unpaired) electrons. The average Bonchev–Trinajstić information content (AvgIpc) is 3.04. The Kier molecular flexibility index (Phi) is 5.84. The Bertz CT molecular complexity index is 572. The predicted molar refractivity (Wildman–Crippen MR) is 85.1 cm³/mol. The predicted octanol–water partition coefficient (Wildman–Crippen LogP) is 2.56. The number of aliphatic carboxylic acids is 1. The van der Waals surface area contributed by atoms with Crippen molar-refractivity contribution in [1.29, 1.82) is 0 Å². The first-order chi connectivity index (χ1) is 11.1. The van der Waals surface area contributed by atoms with Crippen LogP contribution in [0, 0.1) is 0 Å². The van der Waals surface area contributed by atoms with E-state index in [1.165, 1.54) is 12.0 Å². The highest BCUT2D eigenvalue weighted by molar-refractivity contribution is 5.97. The minimum Gasteiger partial charge on any atom is -0.493 e. The van der Waals surface area contributed by atoms with Crippen molar-refractivity contribution in [2.75, 3.05) is 20.3 Å². The third-order valence-electron chi connectivity index (χ3n) is 3.96. The second-order valence-electron chi connectivity index (χ2n) is 5.56. The lowest BCUT2D eigenvalue weighted by Crippen LogP contribution is -2.40. The van der Waals surface area contributed by atoms with Crippen molar-refractivity contribution in [3.05, 3.63) is 23.8 Å². The first-order valence-electron chi connectivity index (χ1n) is 7.93. The van der Waals surface area contributed by atoms with Gasteiger partial charge in [0.2, 0.25) is 0 Å². The molecule has 0 aliphatic carbocycles. The fourth-order valence-electron chi connectivity index (χ4n) is 2.68. The maximum absolute atomic E-state index is 12.6. The van der Waals surface area contributed by atoms with E-state index in [0.717, 1.165) is 12.8 Å². The summed E-state index contributed by atoms with van der Waals surface area (Å²) in [7, 11) is 1.52. The Labute approximate surface area is 136 Å². The lowest BCUT2D eigenvalue weighted by molar-refractivity contribution is -0.141.